The van der Waals surface area contributed by atoms with E-state index in [0.717, 1.165) is 22.2 Å². The van der Waals surface area contributed by atoms with E-state index in [1.54, 1.807) is 22.5 Å². The maximum Gasteiger partial charge on any atom is 0.355 e. The normalized spacial score (nSPS) is 11.0. The molecule has 3 aromatic heterocycles. The molecule has 0 amide bonds. The van der Waals surface area contributed by atoms with E-state index in [4.69, 9.17) is 5.11 Å². The summed E-state index contributed by atoms with van der Waals surface area (Å²) in [7, 11) is 0. The maximum absolute atomic E-state index is 10.9. The van der Waals surface area contributed by atoms with Crippen LogP contribution in [0.15, 0.2) is 54.3 Å². The molecule has 0 unspecified atom stereocenters. The quantitative estimate of drug-likeness (QED) is 0.626. The van der Waals surface area contributed by atoms with Gasteiger partial charge in [-0.25, -0.2) is 14.5 Å². The zero-order valence-electron chi connectivity index (χ0n) is 11.7. The van der Waals surface area contributed by atoms with Crippen molar-refractivity contribution in [3.05, 3.63) is 60.0 Å². The van der Waals surface area contributed by atoms with Crippen molar-refractivity contribution in [1.29, 1.82) is 0 Å². The SMILES string of the molecule is O=C(O)c1csc(-c2ccc3nn(-c4cccnc4)cc3c2)n1. The van der Waals surface area contributed by atoms with E-state index in [1.807, 2.05) is 36.5 Å². The number of aromatic carboxylic acids is 1. The first kappa shape index (κ1) is 13.6. The third-order valence-corrected chi connectivity index (χ3v) is 4.28. The Morgan fingerprint density at radius 2 is 2.17 bits per heavy atom. The van der Waals surface area contributed by atoms with Gasteiger partial charge >= 0.3 is 5.97 Å². The summed E-state index contributed by atoms with van der Waals surface area (Å²) in [6.45, 7) is 0. The van der Waals surface area contributed by atoms with Crippen LogP contribution in [0.1, 0.15) is 10.5 Å². The number of nitrogens with zero attached hydrogens (tertiary/aromatic N) is 4. The van der Waals surface area contributed by atoms with E-state index in [2.05, 4.69) is 15.1 Å². The summed E-state index contributed by atoms with van der Waals surface area (Å²) in [5, 5.41) is 16.7. The lowest BCUT2D eigenvalue weighted by molar-refractivity contribution is 0.0691. The number of hydrogen-bond acceptors (Lipinski definition) is 5. The highest BCUT2D eigenvalue weighted by molar-refractivity contribution is 7.13. The third-order valence-electron chi connectivity index (χ3n) is 3.39. The van der Waals surface area contributed by atoms with Crippen LogP contribution >= 0.6 is 11.3 Å². The zero-order valence-corrected chi connectivity index (χ0v) is 12.6. The number of pyridine rings is 1. The summed E-state index contributed by atoms with van der Waals surface area (Å²) in [4.78, 5) is 19.2. The molecule has 6 nitrogen and oxygen atoms in total. The van der Waals surface area contributed by atoms with Gasteiger partial charge in [0, 0.05) is 28.7 Å². The minimum atomic E-state index is -1.02. The average Bonchev–Trinajstić information content (AvgIpc) is 3.22. The highest BCUT2D eigenvalue weighted by Gasteiger charge is 2.11. The van der Waals surface area contributed by atoms with Gasteiger partial charge in [-0.2, -0.15) is 5.10 Å². The van der Waals surface area contributed by atoms with Gasteiger partial charge in [-0.05, 0) is 30.3 Å². The molecule has 7 heteroatoms. The highest BCUT2D eigenvalue weighted by atomic mass is 32.1. The summed E-state index contributed by atoms with van der Waals surface area (Å²) in [6.07, 6.45) is 5.38. The lowest BCUT2D eigenvalue weighted by Crippen LogP contribution is -1.95. The molecule has 4 rings (SSSR count). The van der Waals surface area contributed by atoms with Crippen LogP contribution in [-0.4, -0.2) is 30.8 Å². The smallest absolute Gasteiger partial charge is 0.355 e. The minimum absolute atomic E-state index is 0.0659. The van der Waals surface area contributed by atoms with Gasteiger partial charge in [0.25, 0.3) is 0 Å². The number of thiazole rings is 1. The fraction of sp³-hybridized carbons (Fsp3) is 0. The minimum Gasteiger partial charge on any atom is -0.476 e. The first-order valence-corrected chi connectivity index (χ1v) is 7.68. The Balaban J connectivity index is 1.77. The van der Waals surface area contributed by atoms with Crippen molar-refractivity contribution < 1.29 is 9.90 Å². The molecule has 0 aliphatic carbocycles. The monoisotopic (exact) mass is 322 g/mol. The van der Waals surface area contributed by atoms with Crippen LogP contribution in [0.3, 0.4) is 0 Å². The van der Waals surface area contributed by atoms with Crippen LogP contribution in [0.2, 0.25) is 0 Å². The van der Waals surface area contributed by atoms with Gasteiger partial charge in [0.1, 0.15) is 5.01 Å². The van der Waals surface area contributed by atoms with E-state index in [-0.39, 0.29) is 5.69 Å². The Kier molecular flexibility index (Phi) is 3.13. The number of rotatable bonds is 3. The van der Waals surface area contributed by atoms with Crippen molar-refractivity contribution in [2.75, 3.05) is 0 Å². The van der Waals surface area contributed by atoms with Gasteiger partial charge in [0.15, 0.2) is 5.69 Å². The summed E-state index contributed by atoms with van der Waals surface area (Å²) < 4.78 is 1.77. The molecule has 0 spiro atoms. The van der Waals surface area contributed by atoms with Crippen LogP contribution < -0.4 is 0 Å². The van der Waals surface area contributed by atoms with Gasteiger partial charge < -0.3 is 5.11 Å². The zero-order chi connectivity index (χ0) is 15.8. The van der Waals surface area contributed by atoms with Crippen LogP contribution in [0, 0.1) is 0 Å². The molecule has 0 atom stereocenters. The third kappa shape index (κ3) is 2.47. The number of carbonyl (C=O) groups is 1. The van der Waals surface area contributed by atoms with Crippen LogP contribution in [-0.2, 0) is 0 Å². The molecule has 0 fully saturated rings. The second-order valence-corrected chi connectivity index (χ2v) is 5.76. The van der Waals surface area contributed by atoms with E-state index < -0.39 is 5.97 Å². The van der Waals surface area contributed by atoms with E-state index >= 15 is 0 Å². The highest BCUT2D eigenvalue weighted by Crippen LogP contribution is 2.27. The Morgan fingerprint density at radius 3 is 2.91 bits per heavy atom. The van der Waals surface area contributed by atoms with E-state index in [1.165, 1.54) is 11.3 Å². The molecule has 0 aliphatic rings. The maximum atomic E-state index is 10.9. The van der Waals surface area contributed by atoms with Crippen molar-refractivity contribution in [2.24, 2.45) is 0 Å². The molecule has 1 N–H and O–H groups in total. The standard InChI is InChI=1S/C16H10N4O2S/c21-16(22)14-9-23-15(18-14)10-3-4-13-11(6-10)8-20(19-13)12-2-1-5-17-7-12/h1-9H,(H,21,22). The Hall–Kier alpha value is -3.06. The number of hydrogen-bond donors (Lipinski definition) is 1. The molecular weight excluding hydrogens is 312 g/mol. The second-order valence-electron chi connectivity index (χ2n) is 4.90. The summed E-state index contributed by atoms with van der Waals surface area (Å²) in [6, 6.07) is 9.54. The first-order valence-electron chi connectivity index (χ1n) is 6.80. The lowest BCUT2D eigenvalue weighted by Gasteiger charge is -1.97. The van der Waals surface area contributed by atoms with E-state index in [9.17, 15) is 4.79 Å². The van der Waals surface area contributed by atoms with Crippen LogP contribution in [0.25, 0.3) is 27.2 Å². The molecule has 112 valence electrons. The van der Waals surface area contributed by atoms with Crippen molar-refractivity contribution in [2.45, 2.75) is 0 Å². The second kappa shape index (κ2) is 5.29. The Labute approximate surface area is 134 Å². The Morgan fingerprint density at radius 1 is 1.26 bits per heavy atom. The molecule has 4 aromatic rings. The molecular formula is C16H10N4O2S. The van der Waals surface area contributed by atoms with E-state index in [0.29, 0.717) is 5.01 Å². The fourth-order valence-corrected chi connectivity index (χ4v) is 3.08. The molecule has 1 aromatic carbocycles. The molecule has 0 saturated carbocycles. The number of aromatic nitrogens is 4. The van der Waals surface area contributed by atoms with Crippen LogP contribution in [0.4, 0.5) is 0 Å². The first-order chi connectivity index (χ1) is 11.2. The molecule has 3 heterocycles. The summed E-state index contributed by atoms with van der Waals surface area (Å²) >= 11 is 1.31. The van der Waals surface area contributed by atoms with Crippen molar-refractivity contribution in [3.8, 4) is 16.3 Å². The van der Waals surface area contributed by atoms with Crippen molar-refractivity contribution >= 4 is 28.2 Å². The summed E-state index contributed by atoms with van der Waals surface area (Å²) in [5.41, 5.74) is 2.68. The lowest BCUT2D eigenvalue weighted by atomic mass is 10.2. The van der Waals surface area contributed by atoms with Crippen molar-refractivity contribution in [1.82, 2.24) is 19.7 Å². The number of carboxylic acid groups (broad SMARTS) is 1. The van der Waals surface area contributed by atoms with Gasteiger partial charge in [-0.15, -0.1) is 11.3 Å². The topological polar surface area (TPSA) is 80.9 Å². The van der Waals surface area contributed by atoms with Crippen molar-refractivity contribution in [3.63, 3.8) is 0 Å². The van der Waals surface area contributed by atoms with Gasteiger partial charge in [-0.3, -0.25) is 4.98 Å². The van der Waals surface area contributed by atoms with Gasteiger partial charge in [-0.1, -0.05) is 0 Å². The average molecular weight is 322 g/mol. The van der Waals surface area contributed by atoms with Gasteiger partial charge in [0.05, 0.1) is 17.4 Å². The predicted octanol–water partition coefficient (Wildman–Crippen LogP) is 3.24. The predicted molar refractivity (Wildman–Crippen MR) is 86.9 cm³/mol. The number of carboxylic acids is 1. The molecule has 0 aliphatic heterocycles. The molecule has 0 saturated heterocycles. The largest absolute Gasteiger partial charge is 0.476 e. The number of fused-ring (bicyclic) bond motifs is 1. The van der Waals surface area contributed by atoms with Gasteiger partial charge in [0.2, 0.25) is 0 Å². The number of benzene rings is 1. The molecule has 0 radical (unpaired) electrons. The summed E-state index contributed by atoms with van der Waals surface area (Å²) in [5.74, 6) is -1.02. The molecule has 23 heavy (non-hydrogen) atoms. The van der Waals surface area contributed by atoms with Crippen LogP contribution in [0.5, 0.6) is 0 Å². The fourth-order valence-electron chi connectivity index (χ4n) is 2.28. The Bertz CT molecular complexity index is 1010. The molecule has 0 bridgehead atoms.